The molecule has 1 aliphatic carbocycles. The summed E-state index contributed by atoms with van der Waals surface area (Å²) in [5.74, 6) is 2.94. The van der Waals surface area contributed by atoms with Crippen LogP contribution in [0.25, 0.3) is 5.69 Å². The van der Waals surface area contributed by atoms with Gasteiger partial charge in [-0.05, 0) is 26.3 Å². The average molecular weight is 368 g/mol. The number of piperazine rings is 1. The Bertz CT molecular complexity index is 804. The maximum Gasteiger partial charge on any atom is 0.227 e. The largest absolute Gasteiger partial charge is 0.341 e. The molecule has 27 heavy (non-hydrogen) atoms. The molecular weight excluding hydrogens is 340 g/mol. The van der Waals surface area contributed by atoms with Gasteiger partial charge in [0.05, 0.1) is 12.2 Å². The molecule has 2 aliphatic heterocycles. The van der Waals surface area contributed by atoms with Crippen LogP contribution in [-0.4, -0.2) is 68.9 Å². The van der Waals surface area contributed by atoms with Gasteiger partial charge in [0.1, 0.15) is 12.0 Å². The molecule has 5 rings (SSSR count). The molecule has 1 saturated heterocycles. The molecule has 8 heteroatoms. The van der Waals surface area contributed by atoms with E-state index in [1.165, 1.54) is 25.7 Å². The van der Waals surface area contributed by atoms with E-state index in [1.807, 2.05) is 12.5 Å². The van der Waals surface area contributed by atoms with E-state index in [0.717, 1.165) is 55.9 Å². The third kappa shape index (κ3) is 2.77. The summed E-state index contributed by atoms with van der Waals surface area (Å²) in [6, 6.07) is 0.771. The van der Waals surface area contributed by atoms with Gasteiger partial charge in [-0.15, -0.1) is 10.2 Å². The Morgan fingerprint density at radius 1 is 1.11 bits per heavy atom. The first-order valence-electron chi connectivity index (χ1n) is 10.3. The van der Waals surface area contributed by atoms with Crippen molar-refractivity contribution < 1.29 is 0 Å². The Morgan fingerprint density at radius 3 is 2.63 bits per heavy atom. The quantitative estimate of drug-likeness (QED) is 0.821. The van der Waals surface area contributed by atoms with E-state index in [1.54, 1.807) is 0 Å². The number of likely N-dealkylation sites (N-methyl/N-ethyl adjacent to an activating group) is 1. The highest BCUT2D eigenvalue weighted by molar-refractivity contribution is 5.63. The first-order valence-corrected chi connectivity index (χ1v) is 10.3. The molecule has 0 N–H and O–H groups in total. The van der Waals surface area contributed by atoms with Crippen molar-refractivity contribution in [2.45, 2.75) is 51.1 Å². The molecule has 2 fully saturated rings. The van der Waals surface area contributed by atoms with Crippen LogP contribution in [0.1, 0.15) is 50.9 Å². The fourth-order valence-corrected chi connectivity index (χ4v) is 4.79. The van der Waals surface area contributed by atoms with Crippen molar-refractivity contribution in [3.05, 3.63) is 18.3 Å². The summed E-state index contributed by atoms with van der Waals surface area (Å²) < 4.78 is 2.09. The number of anilines is 2. The van der Waals surface area contributed by atoms with Crippen LogP contribution in [0.3, 0.4) is 0 Å². The van der Waals surface area contributed by atoms with Crippen molar-refractivity contribution in [1.29, 1.82) is 0 Å². The van der Waals surface area contributed by atoms with Crippen molar-refractivity contribution in [3.63, 3.8) is 0 Å². The SMILES string of the molecule is CC[C@@H]1c2nncn2-c2cnc(N3CCN(C)CC3)nc2N1C1CCCC1. The highest BCUT2D eigenvalue weighted by Crippen LogP contribution is 2.42. The van der Waals surface area contributed by atoms with Gasteiger partial charge in [-0.1, -0.05) is 19.8 Å². The molecule has 1 saturated carbocycles. The van der Waals surface area contributed by atoms with Gasteiger partial charge in [-0.25, -0.2) is 4.98 Å². The molecule has 1 atom stereocenters. The van der Waals surface area contributed by atoms with Gasteiger partial charge in [-0.2, -0.15) is 4.98 Å². The van der Waals surface area contributed by atoms with E-state index >= 15 is 0 Å². The number of aromatic nitrogens is 5. The molecule has 0 bridgehead atoms. The number of rotatable bonds is 3. The van der Waals surface area contributed by atoms with E-state index in [0.29, 0.717) is 6.04 Å². The fourth-order valence-electron chi connectivity index (χ4n) is 4.79. The third-order valence-corrected chi connectivity index (χ3v) is 6.34. The van der Waals surface area contributed by atoms with Crippen molar-refractivity contribution >= 4 is 11.8 Å². The van der Waals surface area contributed by atoms with Gasteiger partial charge in [0.25, 0.3) is 0 Å². The van der Waals surface area contributed by atoms with Crippen LogP contribution in [0.4, 0.5) is 11.8 Å². The average Bonchev–Trinajstić information content (AvgIpc) is 3.39. The van der Waals surface area contributed by atoms with Crippen LogP contribution in [0, 0.1) is 0 Å². The second-order valence-corrected chi connectivity index (χ2v) is 8.00. The Morgan fingerprint density at radius 2 is 1.89 bits per heavy atom. The topological polar surface area (TPSA) is 66.2 Å². The summed E-state index contributed by atoms with van der Waals surface area (Å²) in [7, 11) is 2.17. The third-order valence-electron chi connectivity index (χ3n) is 6.34. The van der Waals surface area contributed by atoms with E-state index in [9.17, 15) is 0 Å². The lowest BCUT2D eigenvalue weighted by atomic mass is 10.0. The molecule has 2 aromatic heterocycles. The first kappa shape index (κ1) is 16.9. The zero-order valence-corrected chi connectivity index (χ0v) is 16.3. The van der Waals surface area contributed by atoms with Gasteiger partial charge in [0.2, 0.25) is 5.95 Å². The summed E-state index contributed by atoms with van der Waals surface area (Å²) in [4.78, 5) is 17.0. The molecule has 144 valence electrons. The van der Waals surface area contributed by atoms with E-state index < -0.39 is 0 Å². The van der Waals surface area contributed by atoms with Gasteiger partial charge in [0.15, 0.2) is 11.6 Å². The molecule has 4 heterocycles. The predicted molar refractivity (Wildman–Crippen MR) is 104 cm³/mol. The van der Waals surface area contributed by atoms with Crippen molar-refractivity contribution in [3.8, 4) is 5.69 Å². The molecule has 0 spiro atoms. The van der Waals surface area contributed by atoms with Gasteiger partial charge in [-0.3, -0.25) is 4.57 Å². The maximum atomic E-state index is 5.11. The van der Waals surface area contributed by atoms with Gasteiger partial charge >= 0.3 is 0 Å². The standard InChI is InChI=1S/C19H28N8/c1-3-15-18-23-21-13-26(18)16-12-20-19(25-10-8-24(2)9-11-25)22-17(16)27(15)14-6-4-5-7-14/h12-15H,3-11H2,1-2H3/t15-/m1/s1. The Kier molecular flexibility index (Phi) is 4.22. The van der Waals surface area contributed by atoms with Crippen molar-refractivity contribution in [2.24, 2.45) is 0 Å². The minimum Gasteiger partial charge on any atom is -0.341 e. The summed E-state index contributed by atoms with van der Waals surface area (Å²) in [6.45, 7) is 6.31. The van der Waals surface area contributed by atoms with Crippen LogP contribution < -0.4 is 9.80 Å². The summed E-state index contributed by atoms with van der Waals surface area (Å²) in [5, 5.41) is 8.65. The lowest BCUT2D eigenvalue weighted by Crippen LogP contribution is -2.46. The Hall–Kier alpha value is -2.22. The highest BCUT2D eigenvalue weighted by atomic mass is 15.4. The number of hydrogen-bond acceptors (Lipinski definition) is 7. The number of fused-ring (bicyclic) bond motifs is 3. The van der Waals surface area contributed by atoms with Crippen molar-refractivity contribution in [2.75, 3.05) is 43.0 Å². The monoisotopic (exact) mass is 368 g/mol. The minimum atomic E-state index is 0.235. The lowest BCUT2D eigenvalue weighted by Gasteiger charge is -2.41. The Balaban J connectivity index is 1.58. The molecular formula is C19H28N8. The van der Waals surface area contributed by atoms with Crippen LogP contribution in [0.15, 0.2) is 12.5 Å². The summed E-state index contributed by atoms with van der Waals surface area (Å²) >= 11 is 0. The summed E-state index contributed by atoms with van der Waals surface area (Å²) in [6.07, 6.45) is 9.85. The predicted octanol–water partition coefficient (Wildman–Crippen LogP) is 2.02. The van der Waals surface area contributed by atoms with Crippen LogP contribution in [0.2, 0.25) is 0 Å². The molecule has 0 unspecified atom stereocenters. The van der Waals surface area contributed by atoms with Gasteiger partial charge in [0, 0.05) is 32.2 Å². The van der Waals surface area contributed by atoms with Crippen LogP contribution in [0.5, 0.6) is 0 Å². The molecule has 0 aromatic carbocycles. The van der Waals surface area contributed by atoms with E-state index in [2.05, 4.69) is 43.4 Å². The maximum absolute atomic E-state index is 5.11. The van der Waals surface area contributed by atoms with Crippen LogP contribution in [-0.2, 0) is 0 Å². The molecule has 8 nitrogen and oxygen atoms in total. The minimum absolute atomic E-state index is 0.235. The smallest absolute Gasteiger partial charge is 0.227 e. The normalized spacial score (nSPS) is 23.6. The van der Waals surface area contributed by atoms with E-state index in [-0.39, 0.29) is 6.04 Å². The summed E-state index contributed by atoms with van der Waals surface area (Å²) in [5.41, 5.74) is 1.02. The number of hydrogen-bond donors (Lipinski definition) is 0. The second-order valence-electron chi connectivity index (χ2n) is 8.00. The zero-order valence-electron chi connectivity index (χ0n) is 16.3. The first-order chi connectivity index (χ1) is 13.3. The van der Waals surface area contributed by atoms with Crippen LogP contribution >= 0.6 is 0 Å². The zero-order chi connectivity index (χ0) is 18.4. The van der Waals surface area contributed by atoms with Gasteiger partial charge < -0.3 is 14.7 Å². The number of nitrogens with zero attached hydrogens (tertiary/aromatic N) is 8. The van der Waals surface area contributed by atoms with E-state index in [4.69, 9.17) is 9.97 Å². The molecule has 0 amide bonds. The molecule has 3 aliphatic rings. The fraction of sp³-hybridized carbons (Fsp3) is 0.684. The lowest BCUT2D eigenvalue weighted by molar-refractivity contribution is 0.311. The molecule has 0 radical (unpaired) electrons. The molecule has 2 aromatic rings. The highest BCUT2D eigenvalue weighted by Gasteiger charge is 2.38. The Labute approximate surface area is 160 Å². The van der Waals surface area contributed by atoms with Crippen molar-refractivity contribution in [1.82, 2.24) is 29.6 Å². The second kappa shape index (κ2) is 6.74.